The van der Waals surface area contributed by atoms with Gasteiger partial charge in [-0.3, -0.25) is 4.79 Å². The number of carbonyl (C=O) groups is 1. The molecule has 0 bridgehead atoms. The van der Waals surface area contributed by atoms with Crippen LogP contribution in [0.15, 0.2) is 18.2 Å². The summed E-state index contributed by atoms with van der Waals surface area (Å²) >= 11 is 12.3. The van der Waals surface area contributed by atoms with Crippen LogP contribution in [0.25, 0.3) is 0 Å². The van der Waals surface area contributed by atoms with Crippen LogP contribution < -0.4 is 5.32 Å². The second-order valence-corrected chi connectivity index (χ2v) is 8.50. The molecule has 0 radical (unpaired) electrons. The predicted octanol–water partition coefficient (Wildman–Crippen LogP) is 3.78. The van der Waals surface area contributed by atoms with Gasteiger partial charge in [-0.2, -0.15) is 0 Å². The molecule has 0 heterocycles. The maximum atomic E-state index is 12.5. The Morgan fingerprint density at radius 2 is 2.12 bits per heavy atom. The van der Waals surface area contributed by atoms with Crippen LogP contribution >= 0.6 is 23.2 Å². The third kappa shape index (κ3) is 3.30. The first-order valence-corrected chi connectivity index (χ1v) is 9.52. The van der Waals surface area contributed by atoms with Crippen LogP contribution in [0.1, 0.15) is 45.1 Å². The maximum absolute atomic E-state index is 12.5. The van der Waals surface area contributed by atoms with Crippen molar-refractivity contribution in [1.29, 1.82) is 0 Å². The molecule has 6 heteroatoms. The Balaban J connectivity index is 1.56. The number of amides is 1. The van der Waals surface area contributed by atoms with Crippen molar-refractivity contribution >= 4 is 29.1 Å². The van der Waals surface area contributed by atoms with Crippen LogP contribution in [-0.4, -0.2) is 35.9 Å². The number of carbonyl (C=O) groups excluding carboxylic acids is 1. The third-order valence-electron chi connectivity index (χ3n) is 5.96. The van der Waals surface area contributed by atoms with Crippen LogP contribution in [-0.2, 0) is 9.53 Å². The molecule has 2 aliphatic rings. The van der Waals surface area contributed by atoms with Gasteiger partial charge in [-0.25, -0.2) is 0 Å². The van der Waals surface area contributed by atoms with Crippen molar-refractivity contribution in [3.63, 3.8) is 0 Å². The zero-order chi connectivity index (χ0) is 18.4. The fourth-order valence-corrected chi connectivity index (χ4v) is 4.21. The van der Waals surface area contributed by atoms with E-state index in [1.165, 1.54) is 0 Å². The highest BCUT2D eigenvalue weighted by Gasteiger charge is 2.60. The van der Waals surface area contributed by atoms with E-state index in [0.717, 1.165) is 12.0 Å². The number of hydrogen-bond acceptors (Lipinski definition) is 3. The van der Waals surface area contributed by atoms with Gasteiger partial charge in [-0.15, -0.1) is 0 Å². The van der Waals surface area contributed by atoms with E-state index >= 15 is 0 Å². The zero-order valence-electron chi connectivity index (χ0n) is 14.8. The highest BCUT2D eigenvalue weighted by molar-refractivity contribution is 6.42. The summed E-state index contributed by atoms with van der Waals surface area (Å²) in [6.07, 6.45) is 1.33. The van der Waals surface area contributed by atoms with E-state index < -0.39 is 5.60 Å². The molecule has 4 atom stereocenters. The Morgan fingerprint density at radius 3 is 2.76 bits per heavy atom. The fraction of sp³-hybridized carbons (Fsp3) is 0.632. The van der Waals surface area contributed by atoms with Crippen molar-refractivity contribution in [2.75, 3.05) is 13.2 Å². The van der Waals surface area contributed by atoms with Crippen LogP contribution in [0.5, 0.6) is 0 Å². The quantitative estimate of drug-likeness (QED) is 0.782. The lowest BCUT2D eigenvalue weighted by Gasteiger charge is -2.57. The summed E-state index contributed by atoms with van der Waals surface area (Å²) in [4.78, 5) is 12.5. The predicted molar refractivity (Wildman–Crippen MR) is 99.1 cm³/mol. The standard InChI is InChI=1S/C19H25Cl2NO3/c1-4-25-15-9-19(24,18(15,2)3)10-22-17(23)13-8-12(13)11-6-5-7-14(20)16(11)21/h5-7,12-13,15,24H,4,8-10H2,1-3H3,(H,22,23). The Kier molecular flexibility index (Phi) is 5.11. The van der Waals surface area contributed by atoms with Crippen molar-refractivity contribution in [3.05, 3.63) is 33.8 Å². The van der Waals surface area contributed by atoms with Crippen LogP contribution in [0.3, 0.4) is 0 Å². The number of halogens is 2. The summed E-state index contributed by atoms with van der Waals surface area (Å²) in [5.41, 5.74) is -0.385. The Labute approximate surface area is 158 Å². The average molecular weight is 386 g/mol. The Hall–Kier alpha value is -0.810. The molecule has 4 unspecified atom stereocenters. The molecule has 4 nitrogen and oxygen atoms in total. The molecule has 138 valence electrons. The molecular weight excluding hydrogens is 361 g/mol. The van der Waals surface area contributed by atoms with Gasteiger partial charge in [0, 0.05) is 30.9 Å². The Bertz CT molecular complexity index is 679. The van der Waals surface area contributed by atoms with Gasteiger partial charge in [0.25, 0.3) is 0 Å². The lowest BCUT2D eigenvalue weighted by Crippen LogP contribution is -2.68. The number of aliphatic hydroxyl groups is 1. The monoisotopic (exact) mass is 385 g/mol. The lowest BCUT2D eigenvalue weighted by molar-refractivity contribution is -0.238. The van der Waals surface area contributed by atoms with Crippen molar-refractivity contribution in [3.8, 4) is 0 Å². The van der Waals surface area contributed by atoms with E-state index in [2.05, 4.69) is 5.32 Å². The smallest absolute Gasteiger partial charge is 0.223 e. The molecule has 2 saturated carbocycles. The molecule has 1 aromatic rings. The van der Waals surface area contributed by atoms with Gasteiger partial charge in [0.1, 0.15) is 0 Å². The minimum Gasteiger partial charge on any atom is -0.387 e. The molecule has 1 aromatic carbocycles. The van der Waals surface area contributed by atoms with Gasteiger partial charge in [0.2, 0.25) is 5.91 Å². The minimum atomic E-state index is -0.930. The van der Waals surface area contributed by atoms with Crippen molar-refractivity contribution in [2.45, 2.75) is 51.2 Å². The number of rotatable bonds is 6. The first-order valence-electron chi connectivity index (χ1n) is 8.77. The molecule has 0 spiro atoms. The second kappa shape index (κ2) is 6.73. The highest BCUT2D eigenvalue weighted by Crippen LogP contribution is 2.52. The van der Waals surface area contributed by atoms with Gasteiger partial charge in [-0.05, 0) is 30.9 Å². The van der Waals surface area contributed by atoms with E-state index in [9.17, 15) is 9.90 Å². The normalized spacial score (nSPS) is 32.8. The van der Waals surface area contributed by atoms with Gasteiger partial charge in [0.15, 0.2) is 0 Å². The summed E-state index contributed by atoms with van der Waals surface area (Å²) < 4.78 is 5.65. The number of nitrogens with one attached hydrogen (secondary N) is 1. The van der Waals surface area contributed by atoms with Crippen LogP contribution in [0.2, 0.25) is 10.0 Å². The van der Waals surface area contributed by atoms with E-state index in [1.807, 2.05) is 32.9 Å². The molecule has 0 aliphatic heterocycles. The number of benzene rings is 1. The van der Waals surface area contributed by atoms with E-state index in [1.54, 1.807) is 6.07 Å². The van der Waals surface area contributed by atoms with Crippen molar-refractivity contribution < 1.29 is 14.6 Å². The van der Waals surface area contributed by atoms with Gasteiger partial charge in [0.05, 0.1) is 21.8 Å². The average Bonchev–Trinajstić information content (AvgIpc) is 3.35. The summed E-state index contributed by atoms with van der Waals surface area (Å²) in [7, 11) is 0. The topological polar surface area (TPSA) is 58.6 Å². The molecule has 25 heavy (non-hydrogen) atoms. The molecule has 0 saturated heterocycles. The molecule has 2 fully saturated rings. The molecule has 2 aliphatic carbocycles. The molecule has 3 rings (SSSR count). The third-order valence-corrected chi connectivity index (χ3v) is 6.79. The molecular formula is C19H25Cl2NO3. The fourth-order valence-electron chi connectivity index (χ4n) is 3.76. The van der Waals surface area contributed by atoms with E-state index in [0.29, 0.717) is 23.1 Å². The SMILES string of the molecule is CCOC1CC(O)(CNC(=O)C2CC2c2cccc(Cl)c2Cl)C1(C)C. The lowest BCUT2D eigenvalue weighted by atomic mass is 9.56. The summed E-state index contributed by atoms with van der Waals surface area (Å²) in [6.45, 7) is 6.78. The largest absolute Gasteiger partial charge is 0.387 e. The molecule has 0 aromatic heterocycles. The van der Waals surface area contributed by atoms with E-state index in [-0.39, 0.29) is 35.8 Å². The first-order chi connectivity index (χ1) is 11.7. The summed E-state index contributed by atoms with van der Waals surface area (Å²) in [5.74, 6) is -0.0398. The molecule has 2 N–H and O–H groups in total. The summed E-state index contributed by atoms with van der Waals surface area (Å²) in [6, 6.07) is 5.51. The van der Waals surface area contributed by atoms with Gasteiger partial charge >= 0.3 is 0 Å². The number of ether oxygens (including phenoxy) is 1. The van der Waals surface area contributed by atoms with Gasteiger partial charge in [-0.1, -0.05) is 49.2 Å². The van der Waals surface area contributed by atoms with Crippen molar-refractivity contribution in [2.24, 2.45) is 11.3 Å². The van der Waals surface area contributed by atoms with Gasteiger partial charge < -0.3 is 15.2 Å². The second-order valence-electron chi connectivity index (χ2n) is 7.71. The zero-order valence-corrected chi connectivity index (χ0v) is 16.3. The Morgan fingerprint density at radius 1 is 1.40 bits per heavy atom. The van der Waals surface area contributed by atoms with Crippen LogP contribution in [0, 0.1) is 11.3 Å². The van der Waals surface area contributed by atoms with Crippen LogP contribution in [0.4, 0.5) is 0 Å². The minimum absolute atomic E-state index is 0.0262. The van der Waals surface area contributed by atoms with E-state index in [4.69, 9.17) is 27.9 Å². The summed E-state index contributed by atoms with van der Waals surface area (Å²) in [5, 5.41) is 14.8. The maximum Gasteiger partial charge on any atom is 0.223 e. The van der Waals surface area contributed by atoms with Crippen molar-refractivity contribution in [1.82, 2.24) is 5.32 Å². The first kappa shape index (κ1) is 19.0. The molecule has 1 amide bonds. The number of hydrogen-bond donors (Lipinski definition) is 2. The highest BCUT2D eigenvalue weighted by atomic mass is 35.5.